The summed E-state index contributed by atoms with van der Waals surface area (Å²) in [5, 5.41) is 12.0. The quantitative estimate of drug-likeness (QED) is 0.781. The Morgan fingerprint density at radius 1 is 1.67 bits per heavy atom. The highest BCUT2D eigenvalue weighted by Crippen LogP contribution is 2.11. The van der Waals surface area contributed by atoms with Gasteiger partial charge in [-0.1, -0.05) is 0 Å². The Kier molecular flexibility index (Phi) is 3.05. The summed E-state index contributed by atoms with van der Waals surface area (Å²) in [6.07, 6.45) is 0. The predicted octanol–water partition coefficient (Wildman–Crippen LogP) is 0.945. The zero-order valence-electron chi connectivity index (χ0n) is 8.86. The van der Waals surface area contributed by atoms with E-state index in [1.165, 1.54) is 0 Å². The Morgan fingerprint density at radius 3 is 3.20 bits per heavy atom. The van der Waals surface area contributed by atoms with Crippen molar-refractivity contribution in [2.24, 2.45) is 0 Å². The maximum atomic E-state index is 8.63. The van der Waals surface area contributed by atoms with Gasteiger partial charge in [0, 0.05) is 25.7 Å². The smallest absolute Gasteiger partial charge is 0.203 e. The average Bonchev–Trinajstić information content (AvgIpc) is 2.65. The Bertz CT molecular complexity index is 366. The van der Waals surface area contributed by atoms with E-state index in [0.29, 0.717) is 11.8 Å². The molecule has 0 radical (unpaired) electrons. The summed E-state index contributed by atoms with van der Waals surface area (Å²) >= 11 is 0. The lowest BCUT2D eigenvalue weighted by Crippen LogP contribution is -2.48. The molecule has 1 aliphatic heterocycles. The number of hydrogen-bond acceptors (Lipinski definition) is 4. The lowest BCUT2D eigenvalue weighted by atomic mass is 10.2. The number of nitrogens with zero attached hydrogens (tertiary/aromatic N) is 2. The van der Waals surface area contributed by atoms with Gasteiger partial charge in [-0.25, -0.2) is 0 Å². The molecule has 0 aromatic carbocycles. The average molecular weight is 205 g/mol. The van der Waals surface area contributed by atoms with Gasteiger partial charge in [-0.3, -0.25) is 4.90 Å². The topological polar surface area (TPSA) is 52.2 Å². The second-order valence-corrected chi connectivity index (χ2v) is 3.97. The van der Waals surface area contributed by atoms with E-state index in [2.05, 4.69) is 17.1 Å². The van der Waals surface area contributed by atoms with Gasteiger partial charge < -0.3 is 9.73 Å². The standard InChI is InChI=1S/C11H15N3O/c1-9-7-14(5-4-13-9)8-11-3-2-10(6-12)15-11/h2-3,9,13H,4-5,7-8H2,1H3/t9-/m0/s1. The van der Waals surface area contributed by atoms with Crippen molar-refractivity contribution in [3.05, 3.63) is 23.7 Å². The van der Waals surface area contributed by atoms with E-state index in [4.69, 9.17) is 9.68 Å². The lowest BCUT2D eigenvalue weighted by molar-refractivity contribution is 0.186. The van der Waals surface area contributed by atoms with Crippen LogP contribution in [0.5, 0.6) is 0 Å². The first-order valence-electron chi connectivity index (χ1n) is 5.22. The van der Waals surface area contributed by atoms with E-state index in [-0.39, 0.29) is 0 Å². The number of piperazine rings is 1. The maximum Gasteiger partial charge on any atom is 0.203 e. The van der Waals surface area contributed by atoms with Gasteiger partial charge in [-0.05, 0) is 19.1 Å². The van der Waals surface area contributed by atoms with Crippen molar-refractivity contribution in [3.63, 3.8) is 0 Å². The number of hydrogen-bond donors (Lipinski definition) is 1. The zero-order chi connectivity index (χ0) is 10.7. The molecule has 4 heteroatoms. The fourth-order valence-electron chi connectivity index (χ4n) is 1.90. The highest BCUT2D eigenvalue weighted by Gasteiger charge is 2.16. The zero-order valence-corrected chi connectivity index (χ0v) is 8.86. The van der Waals surface area contributed by atoms with Crippen LogP contribution in [0.4, 0.5) is 0 Å². The summed E-state index contributed by atoms with van der Waals surface area (Å²) in [4.78, 5) is 2.33. The number of furan rings is 1. The molecule has 0 aliphatic carbocycles. The molecule has 2 heterocycles. The van der Waals surface area contributed by atoms with Gasteiger partial charge in [-0.15, -0.1) is 0 Å². The Hall–Kier alpha value is -1.31. The third kappa shape index (κ3) is 2.58. The minimum absolute atomic E-state index is 0.396. The van der Waals surface area contributed by atoms with Crippen molar-refractivity contribution >= 4 is 0 Å². The van der Waals surface area contributed by atoms with Gasteiger partial charge in [0.25, 0.3) is 0 Å². The van der Waals surface area contributed by atoms with E-state index in [0.717, 1.165) is 31.9 Å². The molecule has 0 unspecified atom stereocenters. The van der Waals surface area contributed by atoms with Crippen molar-refractivity contribution in [1.29, 1.82) is 5.26 Å². The molecule has 1 saturated heterocycles. The molecule has 0 saturated carbocycles. The molecule has 0 bridgehead atoms. The van der Waals surface area contributed by atoms with E-state index >= 15 is 0 Å². The second kappa shape index (κ2) is 4.47. The molecule has 0 spiro atoms. The lowest BCUT2D eigenvalue weighted by Gasteiger charge is -2.30. The molecular formula is C11H15N3O. The third-order valence-corrected chi connectivity index (χ3v) is 2.60. The number of nitrogens with one attached hydrogen (secondary N) is 1. The van der Waals surface area contributed by atoms with Crippen LogP contribution in [0.2, 0.25) is 0 Å². The van der Waals surface area contributed by atoms with Crippen molar-refractivity contribution < 1.29 is 4.42 Å². The van der Waals surface area contributed by atoms with Crippen LogP contribution in [-0.2, 0) is 6.54 Å². The van der Waals surface area contributed by atoms with Crippen molar-refractivity contribution in [2.75, 3.05) is 19.6 Å². The van der Waals surface area contributed by atoms with Gasteiger partial charge in [-0.2, -0.15) is 5.26 Å². The molecule has 1 aromatic rings. The summed E-state index contributed by atoms with van der Waals surface area (Å²) in [5.74, 6) is 1.27. The van der Waals surface area contributed by atoms with Gasteiger partial charge in [0.05, 0.1) is 6.54 Å². The van der Waals surface area contributed by atoms with Crippen LogP contribution < -0.4 is 5.32 Å². The molecule has 1 atom stereocenters. The molecular weight excluding hydrogens is 190 g/mol. The summed E-state index contributed by atoms with van der Waals surface area (Å²) in [5.41, 5.74) is 0. The summed E-state index contributed by atoms with van der Waals surface area (Å²) in [6, 6.07) is 6.13. The molecule has 1 fully saturated rings. The maximum absolute atomic E-state index is 8.63. The van der Waals surface area contributed by atoms with Crippen molar-refractivity contribution in [3.8, 4) is 6.07 Å². The molecule has 0 amide bonds. The Morgan fingerprint density at radius 2 is 2.53 bits per heavy atom. The highest BCUT2D eigenvalue weighted by atomic mass is 16.3. The van der Waals surface area contributed by atoms with E-state index in [1.54, 1.807) is 6.07 Å². The van der Waals surface area contributed by atoms with E-state index in [9.17, 15) is 0 Å². The molecule has 1 aromatic heterocycles. The van der Waals surface area contributed by atoms with Gasteiger partial charge >= 0.3 is 0 Å². The predicted molar refractivity (Wildman–Crippen MR) is 56.2 cm³/mol. The highest BCUT2D eigenvalue weighted by molar-refractivity contribution is 5.19. The van der Waals surface area contributed by atoms with Crippen LogP contribution in [0.3, 0.4) is 0 Å². The Balaban J connectivity index is 1.93. The molecule has 1 aliphatic rings. The largest absolute Gasteiger partial charge is 0.449 e. The van der Waals surface area contributed by atoms with Crippen LogP contribution in [0.15, 0.2) is 16.5 Å². The van der Waals surface area contributed by atoms with Gasteiger partial charge in [0.1, 0.15) is 11.8 Å². The summed E-state index contributed by atoms with van der Waals surface area (Å²) in [6.45, 7) is 6.06. The molecule has 2 rings (SSSR count). The van der Waals surface area contributed by atoms with Crippen LogP contribution in [0.25, 0.3) is 0 Å². The Labute approximate surface area is 89.5 Å². The van der Waals surface area contributed by atoms with Gasteiger partial charge in [0.2, 0.25) is 5.76 Å². The minimum atomic E-state index is 0.396. The fourth-order valence-corrected chi connectivity index (χ4v) is 1.90. The molecule has 4 nitrogen and oxygen atoms in total. The van der Waals surface area contributed by atoms with Crippen LogP contribution >= 0.6 is 0 Å². The monoisotopic (exact) mass is 205 g/mol. The second-order valence-electron chi connectivity index (χ2n) is 3.97. The molecule has 1 N–H and O–H groups in total. The normalized spacial score (nSPS) is 22.5. The SMILES string of the molecule is C[C@H]1CN(Cc2ccc(C#N)o2)CCN1. The van der Waals surface area contributed by atoms with E-state index < -0.39 is 0 Å². The van der Waals surface area contributed by atoms with Crippen molar-refractivity contribution in [2.45, 2.75) is 19.5 Å². The summed E-state index contributed by atoms with van der Waals surface area (Å²) in [7, 11) is 0. The van der Waals surface area contributed by atoms with Crippen LogP contribution in [-0.4, -0.2) is 30.6 Å². The fraction of sp³-hybridized carbons (Fsp3) is 0.545. The van der Waals surface area contributed by atoms with Crippen LogP contribution in [0.1, 0.15) is 18.4 Å². The first-order chi connectivity index (χ1) is 7.28. The molecule has 15 heavy (non-hydrogen) atoms. The number of nitriles is 1. The number of rotatable bonds is 2. The third-order valence-electron chi connectivity index (χ3n) is 2.60. The summed E-state index contributed by atoms with van der Waals surface area (Å²) < 4.78 is 5.35. The van der Waals surface area contributed by atoms with E-state index in [1.807, 2.05) is 12.1 Å². The minimum Gasteiger partial charge on any atom is -0.449 e. The van der Waals surface area contributed by atoms with Crippen LogP contribution in [0, 0.1) is 11.3 Å². The first kappa shape index (κ1) is 10.2. The van der Waals surface area contributed by atoms with Gasteiger partial charge in [0.15, 0.2) is 0 Å². The molecule has 80 valence electrons. The van der Waals surface area contributed by atoms with Crippen molar-refractivity contribution in [1.82, 2.24) is 10.2 Å². The first-order valence-corrected chi connectivity index (χ1v) is 5.22.